The summed E-state index contributed by atoms with van der Waals surface area (Å²) in [5, 5.41) is 3.40. The van der Waals surface area contributed by atoms with Gasteiger partial charge >= 0.3 is 5.97 Å². The summed E-state index contributed by atoms with van der Waals surface area (Å²) in [4.78, 5) is 37.4. The van der Waals surface area contributed by atoms with Crippen LogP contribution < -0.4 is 5.32 Å². The fraction of sp³-hybridized carbons (Fsp3) is 0.348. The number of amides is 1. The van der Waals surface area contributed by atoms with E-state index >= 15 is 0 Å². The van der Waals surface area contributed by atoms with Crippen LogP contribution in [0.3, 0.4) is 0 Å². The number of carbonyl (C=O) groups is 3. The van der Waals surface area contributed by atoms with Crippen LogP contribution in [0.15, 0.2) is 42.5 Å². The molecule has 2 aliphatic rings. The molecule has 0 aromatic heterocycles. The Hall–Kier alpha value is -2.66. The third-order valence-corrected chi connectivity index (χ3v) is 6.32. The van der Waals surface area contributed by atoms with Gasteiger partial charge in [-0.15, -0.1) is 0 Å². The molecule has 0 unspecified atom stereocenters. The number of nitrogens with one attached hydrogen (secondary N) is 1. The van der Waals surface area contributed by atoms with Crippen LogP contribution >= 0.6 is 11.6 Å². The molecule has 1 aliphatic carbocycles. The average molecular weight is 412 g/mol. The van der Waals surface area contributed by atoms with E-state index in [0.29, 0.717) is 23.4 Å². The number of halogens is 1. The molecule has 1 amide bonds. The summed E-state index contributed by atoms with van der Waals surface area (Å²) in [6, 6.07) is 12.4. The summed E-state index contributed by atoms with van der Waals surface area (Å²) in [6.07, 6.45) is 3.28. The summed E-state index contributed by atoms with van der Waals surface area (Å²) < 4.78 is 5.49. The zero-order valence-corrected chi connectivity index (χ0v) is 16.9. The van der Waals surface area contributed by atoms with Gasteiger partial charge in [0.2, 0.25) is 5.91 Å². The lowest BCUT2D eigenvalue weighted by Crippen LogP contribution is -2.35. The number of benzene rings is 2. The quantitative estimate of drug-likeness (QED) is 0.575. The Bertz CT molecular complexity index is 977. The number of hydrogen-bond acceptors (Lipinski definition) is 4. The molecule has 5 nitrogen and oxygen atoms in total. The number of carbonyl (C=O) groups excluding carboxylic acids is 3. The number of ether oxygens (including phenoxy) is 1. The number of Topliss-reactive ketones (excluding diaryl/α,β-unsaturated/α-hetero) is 1. The molecule has 1 N–H and O–H groups in total. The van der Waals surface area contributed by atoms with Crippen LogP contribution in [-0.2, 0) is 19.7 Å². The Morgan fingerprint density at radius 2 is 1.83 bits per heavy atom. The fourth-order valence-electron chi connectivity index (χ4n) is 4.30. The first-order valence-corrected chi connectivity index (χ1v) is 10.2. The Labute approximate surface area is 174 Å². The molecular weight excluding hydrogens is 390 g/mol. The van der Waals surface area contributed by atoms with Crippen molar-refractivity contribution in [1.29, 1.82) is 0 Å². The predicted molar refractivity (Wildman–Crippen MR) is 110 cm³/mol. The number of anilines is 1. The normalized spacial score (nSPS) is 19.5. The van der Waals surface area contributed by atoms with E-state index in [4.69, 9.17) is 16.3 Å². The zero-order chi connectivity index (χ0) is 20.6. The van der Waals surface area contributed by atoms with Crippen molar-refractivity contribution >= 4 is 34.9 Å². The van der Waals surface area contributed by atoms with Crippen LogP contribution in [0.1, 0.15) is 60.0 Å². The lowest BCUT2D eigenvalue weighted by molar-refractivity contribution is -0.149. The molecule has 1 aliphatic heterocycles. The van der Waals surface area contributed by atoms with Gasteiger partial charge in [-0.05, 0) is 61.2 Å². The van der Waals surface area contributed by atoms with Crippen molar-refractivity contribution in [3.8, 4) is 0 Å². The van der Waals surface area contributed by atoms with Gasteiger partial charge in [-0.1, -0.05) is 36.6 Å². The van der Waals surface area contributed by atoms with Gasteiger partial charge in [-0.25, -0.2) is 0 Å². The van der Waals surface area contributed by atoms with E-state index in [1.807, 2.05) is 12.1 Å². The molecule has 4 rings (SSSR count). The SMILES string of the molecule is C[C@H]1C(=O)Nc2ccc(C(=O)COC(=O)C3(c4ccc(Cl)cc4)CCCC3)cc21. The summed E-state index contributed by atoms with van der Waals surface area (Å²) in [7, 11) is 0. The minimum atomic E-state index is -0.715. The smallest absolute Gasteiger partial charge is 0.317 e. The number of ketones is 1. The van der Waals surface area contributed by atoms with Gasteiger partial charge in [0.15, 0.2) is 12.4 Å². The summed E-state index contributed by atoms with van der Waals surface area (Å²) in [6.45, 7) is 1.48. The van der Waals surface area contributed by atoms with Crippen molar-refractivity contribution in [3.63, 3.8) is 0 Å². The first-order chi connectivity index (χ1) is 13.9. The highest BCUT2D eigenvalue weighted by Gasteiger charge is 2.44. The van der Waals surface area contributed by atoms with Crippen molar-refractivity contribution < 1.29 is 19.1 Å². The van der Waals surface area contributed by atoms with Crippen LogP contribution in [-0.4, -0.2) is 24.3 Å². The third kappa shape index (κ3) is 3.55. The van der Waals surface area contributed by atoms with Crippen LogP contribution in [0.4, 0.5) is 5.69 Å². The lowest BCUT2D eigenvalue weighted by Gasteiger charge is -2.27. The van der Waals surface area contributed by atoms with Crippen LogP contribution in [0, 0.1) is 0 Å². The highest BCUT2D eigenvalue weighted by molar-refractivity contribution is 6.30. The second kappa shape index (κ2) is 7.64. The van der Waals surface area contributed by atoms with Gasteiger partial charge < -0.3 is 10.1 Å². The molecule has 6 heteroatoms. The minimum absolute atomic E-state index is 0.0813. The van der Waals surface area contributed by atoms with Crippen molar-refractivity contribution in [3.05, 3.63) is 64.2 Å². The lowest BCUT2D eigenvalue weighted by atomic mass is 9.79. The molecule has 150 valence electrons. The van der Waals surface area contributed by atoms with E-state index in [0.717, 1.165) is 29.7 Å². The maximum atomic E-state index is 13.0. The van der Waals surface area contributed by atoms with Crippen molar-refractivity contribution in [1.82, 2.24) is 0 Å². The number of hydrogen-bond donors (Lipinski definition) is 1. The Balaban J connectivity index is 1.48. The second-order valence-electron chi connectivity index (χ2n) is 7.81. The Morgan fingerprint density at radius 1 is 1.14 bits per heavy atom. The first kappa shape index (κ1) is 19.6. The van der Waals surface area contributed by atoms with Crippen LogP contribution in [0.2, 0.25) is 5.02 Å². The van der Waals surface area contributed by atoms with Crippen LogP contribution in [0.25, 0.3) is 0 Å². The summed E-state index contributed by atoms with van der Waals surface area (Å²) >= 11 is 5.99. The molecule has 1 fully saturated rings. The van der Waals surface area contributed by atoms with Crippen molar-refractivity contribution in [2.45, 2.75) is 43.9 Å². The molecule has 2 aromatic rings. The van der Waals surface area contributed by atoms with E-state index in [-0.39, 0.29) is 30.2 Å². The molecule has 0 saturated heterocycles. The van der Waals surface area contributed by atoms with E-state index in [2.05, 4.69) is 5.32 Å². The molecule has 29 heavy (non-hydrogen) atoms. The highest BCUT2D eigenvalue weighted by atomic mass is 35.5. The number of rotatable bonds is 5. The molecule has 1 heterocycles. The average Bonchev–Trinajstić information content (AvgIpc) is 3.32. The predicted octanol–water partition coefficient (Wildman–Crippen LogP) is 4.63. The van der Waals surface area contributed by atoms with Gasteiger partial charge in [-0.2, -0.15) is 0 Å². The number of fused-ring (bicyclic) bond motifs is 1. The second-order valence-corrected chi connectivity index (χ2v) is 8.24. The fourth-order valence-corrected chi connectivity index (χ4v) is 4.43. The Morgan fingerprint density at radius 3 is 2.52 bits per heavy atom. The maximum Gasteiger partial charge on any atom is 0.317 e. The zero-order valence-electron chi connectivity index (χ0n) is 16.2. The third-order valence-electron chi connectivity index (χ3n) is 6.07. The topological polar surface area (TPSA) is 72.5 Å². The molecule has 0 radical (unpaired) electrons. The van der Waals surface area contributed by atoms with E-state index < -0.39 is 5.41 Å². The molecule has 0 bridgehead atoms. The summed E-state index contributed by atoms with van der Waals surface area (Å²) in [5.41, 5.74) is 2.12. The van der Waals surface area contributed by atoms with Crippen molar-refractivity contribution in [2.75, 3.05) is 11.9 Å². The first-order valence-electron chi connectivity index (χ1n) is 9.82. The largest absolute Gasteiger partial charge is 0.457 e. The van der Waals surface area contributed by atoms with Crippen molar-refractivity contribution in [2.24, 2.45) is 0 Å². The Kier molecular flexibility index (Phi) is 5.17. The van der Waals surface area contributed by atoms with Crippen LogP contribution in [0.5, 0.6) is 0 Å². The summed E-state index contributed by atoms with van der Waals surface area (Å²) in [5.74, 6) is -1.02. The molecular formula is C23H22ClNO4. The molecule has 2 aromatic carbocycles. The van der Waals surface area contributed by atoms with Gasteiger partial charge in [0.25, 0.3) is 0 Å². The van der Waals surface area contributed by atoms with E-state index in [1.165, 1.54) is 0 Å². The number of esters is 1. The highest BCUT2D eigenvalue weighted by Crippen LogP contribution is 2.42. The molecule has 1 saturated carbocycles. The minimum Gasteiger partial charge on any atom is -0.457 e. The molecule has 1 atom stereocenters. The van der Waals surface area contributed by atoms with Gasteiger partial charge in [0.1, 0.15) is 0 Å². The van der Waals surface area contributed by atoms with Gasteiger partial charge in [0, 0.05) is 16.3 Å². The van der Waals surface area contributed by atoms with Gasteiger partial charge in [0.05, 0.1) is 11.3 Å². The standard InChI is InChI=1S/C23H22ClNO4/c1-14-18-12-15(4-9-19(18)25-21(14)27)20(26)13-29-22(28)23(10-2-3-11-23)16-5-7-17(24)8-6-16/h4-9,12,14H,2-3,10-11,13H2,1H3,(H,25,27)/t14-/m1/s1. The van der Waals surface area contributed by atoms with E-state index in [1.54, 1.807) is 37.3 Å². The van der Waals surface area contributed by atoms with E-state index in [9.17, 15) is 14.4 Å². The van der Waals surface area contributed by atoms with Gasteiger partial charge in [-0.3, -0.25) is 14.4 Å². The maximum absolute atomic E-state index is 13.0. The molecule has 0 spiro atoms. The monoisotopic (exact) mass is 411 g/mol.